The van der Waals surface area contributed by atoms with Crippen LogP contribution < -0.4 is 56.8 Å². The fourth-order valence-corrected chi connectivity index (χ4v) is 18.4. The van der Waals surface area contributed by atoms with Crippen LogP contribution in [0.2, 0.25) is 0 Å². The van der Waals surface area contributed by atoms with Crippen molar-refractivity contribution in [1.82, 2.24) is 44.4 Å². The second-order valence-corrected chi connectivity index (χ2v) is 31.8. The zero-order valence-corrected chi connectivity index (χ0v) is 58.3. The number of anilines is 4. The number of nitrogens with zero attached hydrogens (tertiary/aromatic N) is 7. The Morgan fingerprint density at radius 3 is 1.53 bits per heavy atom. The van der Waals surface area contributed by atoms with Gasteiger partial charge >= 0.3 is 11.9 Å². The van der Waals surface area contributed by atoms with E-state index in [4.69, 9.17) is 78.8 Å². The molecule has 6 aromatic rings. The summed E-state index contributed by atoms with van der Waals surface area (Å²) in [6.45, 7) is -2.03. The minimum Gasteiger partial charge on any atom is -0.772 e. The lowest BCUT2D eigenvalue weighted by Crippen LogP contribution is -2.34. The quantitative estimate of drug-likeness (QED) is 0.0113. The average Bonchev–Trinajstić information content (AvgIpc) is 1.60. The molecule has 4 saturated heterocycles. The van der Waals surface area contributed by atoms with E-state index in [-0.39, 0.29) is 82.3 Å². The fourth-order valence-electron chi connectivity index (χ4n) is 9.44. The van der Waals surface area contributed by atoms with Gasteiger partial charge in [0.2, 0.25) is 12.6 Å². The Balaban J connectivity index is 0.000000231. The number of methoxy groups -OCH3 is 2. The van der Waals surface area contributed by atoms with E-state index >= 15 is 0 Å². The van der Waals surface area contributed by atoms with E-state index in [1.165, 1.54) is 27.2 Å². The summed E-state index contributed by atoms with van der Waals surface area (Å²) in [7, 11) is -32.6. The maximum absolute atomic E-state index is 13.5. The highest BCUT2D eigenvalue weighted by Crippen LogP contribution is 2.63. The number of phosphoric acid groups is 6. The number of phosphoric ester groups is 2. The standard InChI is InChI=1S/C21H25N8O16P3S2.C19H23N6O18P3S3/c1-24-4-9-7(3-22)10(14(50-9)19(31)39-2)26-16(30)20-42-12-8(5-40-47(35,36)45-48(37,38)44-46(32,33)34)41-18(13(12)43-20)29-6-25-11-15(29)27-21(23)28-17(11)49;1-37-17(27)12-8(6(3-48-12)4-49(35)36)22-14(26)18-40-10-7(2-38-45(31,32)43-46(33,34)42-44(28,29)30)39-16(11(10)41-18)25-5-21-9-13(25)23-19(20)24-15(9)47/h6,8,12-13,18,20,24H,4-5H2,1-2H3,(H,26,30)(H,35,36)(H,37,38)(H2,32,33,34)(H3,23,27,28,49);3,5,7,10-11,16,18H,2,4H2,1H3,(H,22,26)(H,31,32)(H,33,34)(H,35,36)(H2,28,29,30)(H3,20,23,24,47)/p-7. The van der Waals surface area contributed by atoms with Crippen LogP contribution in [0.15, 0.2) is 18.0 Å². The summed E-state index contributed by atoms with van der Waals surface area (Å²) >= 11 is 9.40. The molecule has 4 aliphatic heterocycles. The third kappa shape index (κ3) is 18.5. The van der Waals surface area contributed by atoms with Crippen LogP contribution in [0.3, 0.4) is 0 Å². The van der Waals surface area contributed by atoms with Gasteiger partial charge in [0.15, 0.2) is 33.6 Å². The number of esters is 2. The second kappa shape index (κ2) is 30.5. The van der Waals surface area contributed by atoms with Crippen molar-refractivity contribution in [2.45, 2.75) is 74.0 Å². The van der Waals surface area contributed by atoms with Crippen molar-refractivity contribution in [3.05, 3.63) is 53.1 Å². The van der Waals surface area contributed by atoms with E-state index in [0.29, 0.717) is 4.88 Å². The van der Waals surface area contributed by atoms with Crippen molar-refractivity contribution < 1.29 is 159 Å². The summed E-state index contributed by atoms with van der Waals surface area (Å²) in [5, 5.41) is 18.8. The summed E-state index contributed by atoms with van der Waals surface area (Å²) in [6.07, 6.45) is -12.3. The van der Waals surface area contributed by atoms with Crippen LogP contribution in [0, 0.1) is 20.6 Å². The number of aromatic nitrogens is 8. The second-order valence-electron chi connectivity index (χ2n) is 19.5. The van der Waals surface area contributed by atoms with Crippen molar-refractivity contribution in [2.75, 3.05) is 56.6 Å². The fraction of sp³-hybridized carbons (Fsp3) is 0.425. The highest BCUT2D eigenvalue weighted by Gasteiger charge is 2.57. The zero-order chi connectivity index (χ0) is 72.8. The highest BCUT2D eigenvalue weighted by molar-refractivity contribution is 7.78. The molecule has 0 bridgehead atoms. The van der Waals surface area contributed by atoms with Crippen LogP contribution in [-0.2, 0) is 125 Å². The van der Waals surface area contributed by atoms with Crippen molar-refractivity contribution in [3.63, 3.8) is 0 Å². The van der Waals surface area contributed by atoms with Crippen LogP contribution in [0.1, 0.15) is 47.8 Å². The van der Waals surface area contributed by atoms with Crippen molar-refractivity contribution >= 4 is 174 Å². The number of nitrogens with two attached hydrogens (primary N) is 2. The number of thiophene rings is 2. The average molecular weight is 1610 g/mol. The molecule has 0 saturated carbocycles. The van der Waals surface area contributed by atoms with Gasteiger partial charge in [0.1, 0.15) is 74.8 Å². The van der Waals surface area contributed by atoms with Crippen molar-refractivity contribution in [1.29, 1.82) is 5.26 Å². The number of ether oxygens (including phenoxy) is 8. The first-order chi connectivity index (χ1) is 46.1. The molecule has 0 spiro atoms. The van der Waals surface area contributed by atoms with E-state index in [1.807, 2.05) is 6.07 Å². The topological polar surface area (TPSA) is 724 Å². The summed E-state index contributed by atoms with van der Waals surface area (Å²) in [4.78, 5) is 160. The molecule has 17 unspecified atom stereocenters. The molecule has 59 heteroatoms. The van der Waals surface area contributed by atoms with Gasteiger partial charge in [-0.2, -0.15) is 5.26 Å². The Labute approximate surface area is 569 Å². The number of carbonyl (C=O) groups is 4. The van der Waals surface area contributed by atoms with Gasteiger partial charge in [-0.3, -0.25) is 50.3 Å². The predicted octanol–water partition coefficient (Wildman–Crippen LogP) is -3.00. The first kappa shape index (κ1) is 77.7. The summed E-state index contributed by atoms with van der Waals surface area (Å²) in [6, 6.07) is 1.93. The lowest BCUT2D eigenvalue weighted by molar-refractivity contribution is -0.254. The smallest absolute Gasteiger partial charge is 0.350 e. The molecular weight excluding hydrogens is 1570 g/mol. The monoisotopic (exact) mass is 1610 g/mol. The zero-order valence-electron chi connectivity index (χ0n) is 48.8. The summed E-state index contributed by atoms with van der Waals surface area (Å²) in [5.41, 5.74) is 11.7. The number of H-pyrrole nitrogens is 2. The predicted molar refractivity (Wildman–Crippen MR) is 314 cm³/mol. The Morgan fingerprint density at radius 2 is 1.12 bits per heavy atom. The number of hydrogen-bond acceptors (Lipinski definition) is 44. The normalized spacial score (nSPS) is 25.8. The Kier molecular flexibility index (Phi) is 23.9. The number of carbonyl (C=O) groups excluding carboxylic acids is 4. The molecule has 99 heavy (non-hydrogen) atoms. The van der Waals surface area contributed by atoms with Crippen LogP contribution in [-0.4, -0.2) is 165 Å². The molecule has 4 fully saturated rings. The van der Waals surface area contributed by atoms with E-state index in [0.717, 1.165) is 36.9 Å². The lowest BCUT2D eigenvalue weighted by atomic mass is 10.1. The molecule has 6 aromatic heterocycles. The van der Waals surface area contributed by atoms with Gasteiger partial charge in [-0.1, -0.05) is 35.5 Å². The largest absolute Gasteiger partial charge is 0.772 e. The molecular formula is C40H41N14O34P6S5-7. The van der Waals surface area contributed by atoms with Gasteiger partial charge in [-0.15, -0.1) is 22.7 Å². The van der Waals surface area contributed by atoms with E-state index in [9.17, 15) is 90.0 Å². The first-order valence-electron chi connectivity index (χ1n) is 26.1. The molecule has 542 valence electrons. The number of hydrogen-bond donors (Lipinski definition) is 9. The Hall–Kier alpha value is -5.44. The Bertz CT molecular complexity index is 4670. The van der Waals surface area contributed by atoms with Crippen LogP contribution in [0.4, 0.5) is 23.3 Å². The van der Waals surface area contributed by atoms with Crippen molar-refractivity contribution in [3.8, 4) is 6.07 Å². The number of nitriles is 1. The molecule has 0 radical (unpaired) electrons. The molecule has 4 aliphatic rings. The molecule has 10 rings (SSSR count). The molecule has 0 aliphatic carbocycles. The molecule has 10 heterocycles. The molecule has 17 atom stereocenters. The first-order valence-corrected chi connectivity index (χ1v) is 38.7. The summed E-state index contributed by atoms with van der Waals surface area (Å²) < 4.78 is 162. The lowest BCUT2D eigenvalue weighted by Gasteiger charge is -2.33. The molecule has 11 N–H and O–H groups in total. The van der Waals surface area contributed by atoms with Gasteiger partial charge in [-0.25, -0.2) is 46.8 Å². The minimum atomic E-state index is -6.23. The Morgan fingerprint density at radius 1 is 0.697 bits per heavy atom. The van der Waals surface area contributed by atoms with E-state index in [1.54, 1.807) is 7.05 Å². The van der Waals surface area contributed by atoms with Gasteiger partial charge < -0.3 is 128 Å². The maximum Gasteiger partial charge on any atom is 0.350 e. The van der Waals surface area contributed by atoms with Gasteiger partial charge in [0, 0.05) is 17.2 Å². The third-order valence-corrected chi connectivity index (χ3v) is 23.7. The van der Waals surface area contributed by atoms with E-state index < -0.39 is 162 Å². The molecule has 2 amide bonds. The van der Waals surface area contributed by atoms with Crippen molar-refractivity contribution in [2.24, 2.45) is 0 Å². The number of amides is 2. The highest BCUT2D eigenvalue weighted by atomic mass is 32.2. The van der Waals surface area contributed by atoms with Crippen LogP contribution in [0.5, 0.6) is 0 Å². The number of nitrogens with one attached hydrogen (secondary N) is 5. The van der Waals surface area contributed by atoms with E-state index in [2.05, 4.69) is 76.9 Å². The van der Waals surface area contributed by atoms with Gasteiger partial charge in [-0.05, 0) is 18.0 Å². The van der Waals surface area contributed by atoms with Gasteiger partial charge in [0.25, 0.3) is 58.8 Å². The number of nitrogen functional groups attached to an aromatic ring is 2. The van der Waals surface area contributed by atoms with Gasteiger partial charge in [0.05, 0.1) is 57.0 Å². The molecule has 48 nitrogen and oxygen atoms in total. The number of fused-ring (bicyclic) bond motifs is 4. The number of rotatable bonds is 26. The summed E-state index contributed by atoms with van der Waals surface area (Å²) in [5.74, 6) is -4.69. The van der Waals surface area contributed by atoms with Crippen LogP contribution in [0.25, 0.3) is 22.3 Å². The number of aromatic amines is 2. The maximum atomic E-state index is 13.5. The number of imidazole rings is 2. The minimum absolute atomic E-state index is 0.00685. The SMILES string of the molecule is CNCc1sc(C(=O)OC)c(NC(=O)C2OC3C(COP(=O)([O-])OP(=O)([O-])OP(=O)([O-])O)OC(n4cnc5c(=S)nc(N)[nH]c54)C3O2)c1C#N.COC(=O)c1scc(CS(=O)[O-])c1NC(=O)C1OC2C(COP(=O)([O-])OP(=O)([O-])OP(=O)([O-])O)OC(n3cnc4c(=S)nc(N)[nH]c43)C2O1. The third-order valence-electron chi connectivity index (χ3n) is 13.0. The van der Waals surface area contributed by atoms with Crippen LogP contribution >= 0.6 is 94.0 Å². The molecule has 0 aromatic carbocycles.